The van der Waals surface area contributed by atoms with Crippen molar-refractivity contribution in [3.05, 3.63) is 71.4 Å². The van der Waals surface area contributed by atoms with Gasteiger partial charge in [0, 0.05) is 30.0 Å². The SMILES string of the molecule is COc1ccccc1-c1ccc(C(=O)N2CCc3oc(C4CCC4)nc3C2)cc1. The number of carbonyl (C=O) groups is 1. The van der Waals surface area contributed by atoms with Crippen LogP contribution in [0, 0.1) is 0 Å². The van der Waals surface area contributed by atoms with Crippen molar-refractivity contribution in [3.63, 3.8) is 0 Å². The second-order valence-electron chi connectivity index (χ2n) is 7.80. The maximum absolute atomic E-state index is 13.0. The van der Waals surface area contributed by atoms with E-state index in [0.29, 0.717) is 24.6 Å². The molecule has 5 heteroatoms. The van der Waals surface area contributed by atoms with E-state index in [1.807, 2.05) is 53.4 Å². The molecule has 1 saturated carbocycles. The van der Waals surface area contributed by atoms with Crippen LogP contribution in [0.3, 0.4) is 0 Å². The lowest BCUT2D eigenvalue weighted by atomic mass is 9.85. The lowest BCUT2D eigenvalue weighted by Gasteiger charge is -2.25. The van der Waals surface area contributed by atoms with Gasteiger partial charge in [-0.1, -0.05) is 36.8 Å². The maximum atomic E-state index is 13.0. The highest BCUT2D eigenvalue weighted by atomic mass is 16.5. The summed E-state index contributed by atoms with van der Waals surface area (Å²) in [6.07, 6.45) is 4.33. The van der Waals surface area contributed by atoms with Crippen molar-refractivity contribution in [1.29, 1.82) is 0 Å². The Morgan fingerprint density at radius 3 is 2.66 bits per heavy atom. The average Bonchev–Trinajstić information content (AvgIpc) is 3.14. The van der Waals surface area contributed by atoms with Crippen molar-refractivity contribution in [2.24, 2.45) is 0 Å². The summed E-state index contributed by atoms with van der Waals surface area (Å²) in [6.45, 7) is 1.19. The van der Waals surface area contributed by atoms with Crippen molar-refractivity contribution < 1.29 is 13.9 Å². The van der Waals surface area contributed by atoms with Gasteiger partial charge >= 0.3 is 0 Å². The molecule has 2 aliphatic rings. The summed E-state index contributed by atoms with van der Waals surface area (Å²) in [6, 6.07) is 15.6. The standard InChI is InChI=1S/C24H24N2O3/c1-28-21-8-3-2-7-19(21)16-9-11-18(12-10-16)24(27)26-14-13-22-20(15-26)25-23(29-22)17-5-4-6-17/h2-3,7-12,17H,4-6,13-15H2,1H3. The predicted octanol–water partition coefficient (Wildman–Crippen LogP) is 4.82. The van der Waals surface area contributed by atoms with Crippen LogP contribution in [0.4, 0.5) is 0 Å². The van der Waals surface area contributed by atoms with Gasteiger partial charge in [-0.15, -0.1) is 0 Å². The molecule has 2 heterocycles. The van der Waals surface area contributed by atoms with E-state index in [1.54, 1.807) is 7.11 Å². The Labute approximate surface area is 170 Å². The fourth-order valence-electron chi connectivity index (χ4n) is 4.08. The first-order valence-corrected chi connectivity index (χ1v) is 10.2. The van der Waals surface area contributed by atoms with Gasteiger partial charge in [0.2, 0.25) is 0 Å². The zero-order valence-corrected chi connectivity index (χ0v) is 16.6. The number of oxazole rings is 1. The number of hydrogen-bond acceptors (Lipinski definition) is 4. The topological polar surface area (TPSA) is 55.6 Å². The molecule has 1 aliphatic heterocycles. The molecule has 0 radical (unpaired) electrons. The van der Waals surface area contributed by atoms with Crippen molar-refractivity contribution in [2.45, 2.75) is 38.1 Å². The smallest absolute Gasteiger partial charge is 0.254 e. The molecule has 0 saturated heterocycles. The summed E-state index contributed by atoms with van der Waals surface area (Å²) in [5, 5.41) is 0. The molecule has 0 spiro atoms. The highest BCUT2D eigenvalue weighted by Gasteiger charge is 2.30. The molecule has 148 valence electrons. The second kappa shape index (κ2) is 7.39. The van der Waals surface area contributed by atoms with E-state index in [2.05, 4.69) is 0 Å². The number of nitrogens with zero attached hydrogens (tertiary/aromatic N) is 2. The van der Waals surface area contributed by atoms with E-state index < -0.39 is 0 Å². The highest BCUT2D eigenvalue weighted by molar-refractivity contribution is 5.95. The first-order chi connectivity index (χ1) is 14.2. The maximum Gasteiger partial charge on any atom is 0.254 e. The van der Waals surface area contributed by atoms with E-state index >= 15 is 0 Å². The van der Waals surface area contributed by atoms with Crippen LogP contribution in [0.2, 0.25) is 0 Å². The molecule has 0 N–H and O–H groups in total. The van der Waals surface area contributed by atoms with E-state index in [-0.39, 0.29) is 5.91 Å². The summed E-state index contributed by atoms with van der Waals surface area (Å²) in [7, 11) is 1.67. The normalized spacial score (nSPS) is 16.2. The van der Waals surface area contributed by atoms with Gasteiger partial charge in [0.25, 0.3) is 5.91 Å². The number of methoxy groups -OCH3 is 1. The van der Waals surface area contributed by atoms with Crippen LogP contribution in [-0.2, 0) is 13.0 Å². The molecule has 5 rings (SSSR count). The lowest BCUT2D eigenvalue weighted by molar-refractivity contribution is 0.0728. The Kier molecular flexibility index (Phi) is 4.58. The molecular weight excluding hydrogens is 364 g/mol. The van der Waals surface area contributed by atoms with Crippen LogP contribution >= 0.6 is 0 Å². The van der Waals surface area contributed by atoms with E-state index in [0.717, 1.165) is 40.6 Å². The minimum atomic E-state index is 0.0374. The second-order valence-corrected chi connectivity index (χ2v) is 7.80. The van der Waals surface area contributed by atoms with Gasteiger partial charge in [0.05, 0.1) is 13.7 Å². The van der Waals surface area contributed by atoms with Gasteiger partial charge in [0.1, 0.15) is 17.2 Å². The van der Waals surface area contributed by atoms with Gasteiger partial charge in [-0.25, -0.2) is 4.98 Å². The van der Waals surface area contributed by atoms with Gasteiger partial charge in [-0.2, -0.15) is 0 Å². The van der Waals surface area contributed by atoms with E-state index in [4.69, 9.17) is 14.1 Å². The van der Waals surface area contributed by atoms with Crippen molar-refractivity contribution in [3.8, 4) is 16.9 Å². The molecule has 0 atom stereocenters. The molecule has 3 aromatic rings. The molecular formula is C24H24N2O3. The molecule has 0 unspecified atom stereocenters. The van der Waals surface area contributed by atoms with Crippen LogP contribution < -0.4 is 4.74 Å². The predicted molar refractivity (Wildman–Crippen MR) is 110 cm³/mol. The number of aromatic nitrogens is 1. The van der Waals surface area contributed by atoms with Crippen LogP contribution in [0.5, 0.6) is 5.75 Å². The van der Waals surface area contributed by atoms with Crippen LogP contribution in [0.25, 0.3) is 11.1 Å². The fourth-order valence-corrected chi connectivity index (χ4v) is 4.08. The molecule has 1 aromatic heterocycles. The average molecular weight is 388 g/mol. The molecule has 29 heavy (non-hydrogen) atoms. The van der Waals surface area contributed by atoms with Gasteiger partial charge < -0.3 is 14.1 Å². The number of hydrogen-bond donors (Lipinski definition) is 0. The summed E-state index contributed by atoms with van der Waals surface area (Å²) < 4.78 is 11.4. The number of fused-ring (bicyclic) bond motifs is 1. The number of ether oxygens (including phenoxy) is 1. The molecule has 1 aliphatic carbocycles. The Morgan fingerprint density at radius 1 is 1.14 bits per heavy atom. The number of amides is 1. The van der Waals surface area contributed by atoms with Gasteiger partial charge in [0.15, 0.2) is 5.89 Å². The summed E-state index contributed by atoms with van der Waals surface area (Å²) in [5.41, 5.74) is 3.66. The summed E-state index contributed by atoms with van der Waals surface area (Å²) >= 11 is 0. The molecule has 0 bridgehead atoms. The number of rotatable bonds is 4. The largest absolute Gasteiger partial charge is 0.496 e. The summed E-state index contributed by atoms with van der Waals surface area (Å²) in [5.74, 6) is 3.17. The Morgan fingerprint density at radius 2 is 1.93 bits per heavy atom. The van der Waals surface area contributed by atoms with Crippen molar-refractivity contribution >= 4 is 5.91 Å². The number of carbonyl (C=O) groups excluding carboxylic acids is 1. The Bertz CT molecular complexity index is 1030. The van der Waals surface area contributed by atoms with Crippen LogP contribution in [0.15, 0.2) is 52.9 Å². The summed E-state index contributed by atoms with van der Waals surface area (Å²) in [4.78, 5) is 19.6. The van der Waals surface area contributed by atoms with Crippen LogP contribution in [-0.4, -0.2) is 29.4 Å². The third-order valence-corrected chi connectivity index (χ3v) is 6.04. The van der Waals surface area contributed by atoms with Gasteiger partial charge in [-0.05, 0) is 36.6 Å². The number of para-hydroxylation sites is 1. The third kappa shape index (κ3) is 3.31. The Hall–Kier alpha value is -3.08. The quantitative estimate of drug-likeness (QED) is 0.643. The van der Waals surface area contributed by atoms with Crippen molar-refractivity contribution in [2.75, 3.05) is 13.7 Å². The van der Waals surface area contributed by atoms with Crippen molar-refractivity contribution in [1.82, 2.24) is 9.88 Å². The monoisotopic (exact) mass is 388 g/mol. The molecule has 1 amide bonds. The van der Waals surface area contributed by atoms with E-state index in [9.17, 15) is 4.79 Å². The zero-order valence-electron chi connectivity index (χ0n) is 16.6. The minimum Gasteiger partial charge on any atom is -0.496 e. The molecule has 2 aromatic carbocycles. The fraction of sp³-hybridized carbons (Fsp3) is 0.333. The van der Waals surface area contributed by atoms with Crippen LogP contribution in [0.1, 0.15) is 52.9 Å². The van der Waals surface area contributed by atoms with Gasteiger partial charge in [-0.3, -0.25) is 4.79 Å². The van der Waals surface area contributed by atoms with E-state index in [1.165, 1.54) is 19.3 Å². The third-order valence-electron chi connectivity index (χ3n) is 6.04. The Balaban J connectivity index is 1.32. The highest BCUT2D eigenvalue weighted by Crippen LogP contribution is 2.37. The molecule has 1 fully saturated rings. The minimum absolute atomic E-state index is 0.0374. The molecule has 5 nitrogen and oxygen atoms in total. The first kappa shape index (κ1) is 18.0. The lowest BCUT2D eigenvalue weighted by Crippen LogP contribution is -2.35. The zero-order chi connectivity index (χ0) is 19.8. The number of benzene rings is 2. The first-order valence-electron chi connectivity index (χ1n) is 10.2.